The molecule has 1 atom stereocenters. The van der Waals surface area contributed by atoms with Crippen molar-refractivity contribution in [3.8, 4) is 5.75 Å². The van der Waals surface area contributed by atoms with Crippen molar-refractivity contribution >= 4 is 23.5 Å². The van der Waals surface area contributed by atoms with E-state index in [9.17, 15) is 9.59 Å². The Kier molecular flexibility index (Phi) is 7.48. The van der Waals surface area contributed by atoms with Crippen LogP contribution in [0.2, 0.25) is 5.02 Å². The number of ether oxygens (including phenoxy) is 2. The standard InChI is InChI=1S/C20H22ClNO4/c1-15(26-18-10-6-9-17(21)13-18)20(24)22(12-11-19(23)25-2)14-16-7-4-3-5-8-16/h3-10,13,15H,11-12,14H2,1-2H3/t15-/m1/s1. The zero-order valence-corrected chi connectivity index (χ0v) is 15.6. The molecular weight excluding hydrogens is 354 g/mol. The third-order valence-electron chi connectivity index (χ3n) is 3.80. The molecule has 0 aromatic heterocycles. The molecule has 138 valence electrons. The Morgan fingerprint density at radius 1 is 1.12 bits per heavy atom. The Bertz CT molecular complexity index is 736. The van der Waals surface area contributed by atoms with Gasteiger partial charge in [-0.2, -0.15) is 0 Å². The van der Waals surface area contributed by atoms with E-state index < -0.39 is 6.10 Å². The lowest BCUT2D eigenvalue weighted by Gasteiger charge is -2.26. The van der Waals surface area contributed by atoms with Gasteiger partial charge in [-0.15, -0.1) is 0 Å². The highest BCUT2D eigenvalue weighted by Gasteiger charge is 2.23. The van der Waals surface area contributed by atoms with Gasteiger partial charge in [0.15, 0.2) is 6.10 Å². The SMILES string of the molecule is COC(=O)CCN(Cc1ccccc1)C(=O)[C@@H](C)Oc1cccc(Cl)c1. The predicted octanol–water partition coefficient (Wildman–Crippen LogP) is 3.70. The van der Waals surface area contributed by atoms with Gasteiger partial charge in [0.25, 0.3) is 5.91 Å². The molecule has 6 heteroatoms. The molecule has 0 heterocycles. The molecule has 0 saturated heterocycles. The number of carbonyl (C=O) groups excluding carboxylic acids is 2. The van der Waals surface area contributed by atoms with Gasteiger partial charge in [0.05, 0.1) is 13.5 Å². The number of benzene rings is 2. The van der Waals surface area contributed by atoms with Crippen molar-refractivity contribution < 1.29 is 19.1 Å². The number of esters is 1. The van der Waals surface area contributed by atoms with E-state index in [0.717, 1.165) is 5.56 Å². The van der Waals surface area contributed by atoms with Gasteiger partial charge in [-0.1, -0.05) is 48.0 Å². The Balaban J connectivity index is 2.08. The molecule has 5 nitrogen and oxygen atoms in total. The van der Waals surface area contributed by atoms with Crippen molar-refractivity contribution in [1.29, 1.82) is 0 Å². The maximum absolute atomic E-state index is 12.9. The van der Waals surface area contributed by atoms with Crippen LogP contribution in [0, 0.1) is 0 Å². The van der Waals surface area contributed by atoms with Gasteiger partial charge < -0.3 is 14.4 Å². The van der Waals surface area contributed by atoms with Crippen LogP contribution >= 0.6 is 11.6 Å². The van der Waals surface area contributed by atoms with Gasteiger partial charge in [0.1, 0.15) is 5.75 Å². The Morgan fingerprint density at radius 3 is 2.50 bits per heavy atom. The summed E-state index contributed by atoms with van der Waals surface area (Å²) < 4.78 is 10.4. The van der Waals surface area contributed by atoms with E-state index in [-0.39, 0.29) is 24.8 Å². The van der Waals surface area contributed by atoms with Crippen molar-refractivity contribution in [2.45, 2.75) is 26.0 Å². The lowest BCUT2D eigenvalue weighted by Crippen LogP contribution is -2.41. The van der Waals surface area contributed by atoms with E-state index in [4.69, 9.17) is 16.3 Å². The highest BCUT2D eigenvalue weighted by atomic mass is 35.5. The van der Waals surface area contributed by atoms with Crippen molar-refractivity contribution in [1.82, 2.24) is 4.90 Å². The second kappa shape index (κ2) is 9.82. The molecule has 0 aliphatic heterocycles. The van der Waals surface area contributed by atoms with Crippen molar-refractivity contribution in [3.05, 3.63) is 65.2 Å². The lowest BCUT2D eigenvalue weighted by atomic mass is 10.2. The minimum atomic E-state index is -0.713. The second-order valence-electron chi connectivity index (χ2n) is 5.79. The molecule has 2 aromatic carbocycles. The quantitative estimate of drug-likeness (QED) is 0.660. The molecule has 0 N–H and O–H groups in total. The zero-order chi connectivity index (χ0) is 18.9. The topological polar surface area (TPSA) is 55.8 Å². The number of rotatable bonds is 8. The summed E-state index contributed by atoms with van der Waals surface area (Å²) in [6.45, 7) is 2.32. The third-order valence-corrected chi connectivity index (χ3v) is 4.03. The minimum absolute atomic E-state index is 0.124. The normalized spacial score (nSPS) is 11.5. The summed E-state index contributed by atoms with van der Waals surface area (Å²) in [6, 6.07) is 16.5. The summed E-state index contributed by atoms with van der Waals surface area (Å²) in [5, 5.41) is 0.536. The second-order valence-corrected chi connectivity index (χ2v) is 6.23. The molecular formula is C20H22ClNO4. The van der Waals surface area contributed by atoms with Crippen LogP contribution in [-0.2, 0) is 20.9 Å². The first-order valence-electron chi connectivity index (χ1n) is 8.31. The van der Waals surface area contributed by atoms with E-state index in [1.165, 1.54) is 7.11 Å². The minimum Gasteiger partial charge on any atom is -0.481 e. The van der Waals surface area contributed by atoms with E-state index in [1.54, 1.807) is 36.1 Å². The summed E-state index contributed by atoms with van der Waals surface area (Å²) in [6.07, 6.45) is -0.589. The number of hydrogen-bond donors (Lipinski definition) is 0. The van der Waals surface area contributed by atoms with Gasteiger partial charge in [0.2, 0.25) is 0 Å². The largest absolute Gasteiger partial charge is 0.481 e. The maximum Gasteiger partial charge on any atom is 0.307 e. The smallest absolute Gasteiger partial charge is 0.307 e. The molecule has 26 heavy (non-hydrogen) atoms. The number of nitrogens with zero attached hydrogens (tertiary/aromatic N) is 1. The van der Waals surface area contributed by atoms with Gasteiger partial charge in [-0.25, -0.2) is 0 Å². The van der Waals surface area contributed by atoms with Crippen molar-refractivity contribution in [3.63, 3.8) is 0 Å². The van der Waals surface area contributed by atoms with Crippen LogP contribution in [0.4, 0.5) is 0 Å². The first kappa shape index (κ1) is 19.8. The van der Waals surface area contributed by atoms with Crippen molar-refractivity contribution in [2.24, 2.45) is 0 Å². The molecule has 2 rings (SSSR count). The lowest BCUT2D eigenvalue weighted by molar-refractivity contribution is -0.143. The zero-order valence-electron chi connectivity index (χ0n) is 14.9. The van der Waals surface area contributed by atoms with Crippen LogP contribution in [0.1, 0.15) is 18.9 Å². The molecule has 0 aliphatic rings. The number of carbonyl (C=O) groups is 2. The summed E-state index contributed by atoms with van der Waals surface area (Å²) >= 11 is 5.95. The number of halogens is 1. The molecule has 0 spiro atoms. The van der Waals surface area contributed by atoms with Crippen LogP contribution < -0.4 is 4.74 Å². The highest BCUT2D eigenvalue weighted by molar-refractivity contribution is 6.30. The van der Waals surface area contributed by atoms with E-state index in [2.05, 4.69) is 4.74 Å². The molecule has 1 amide bonds. The third kappa shape index (κ3) is 6.08. The van der Waals surface area contributed by atoms with Crippen molar-refractivity contribution in [2.75, 3.05) is 13.7 Å². The highest BCUT2D eigenvalue weighted by Crippen LogP contribution is 2.19. The fourth-order valence-electron chi connectivity index (χ4n) is 2.45. The van der Waals surface area contributed by atoms with Crippen LogP contribution in [-0.4, -0.2) is 36.5 Å². The Labute approximate surface area is 158 Å². The summed E-state index contributed by atoms with van der Waals surface area (Å²) in [5.41, 5.74) is 0.973. The predicted molar refractivity (Wildman–Crippen MR) is 100 cm³/mol. The first-order valence-corrected chi connectivity index (χ1v) is 8.69. The van der Waals surface area contributed by atoms with Gasteiger partial charge >= 0.3 is 5.97 Å². The monoisotopic (exact) mass is 375 g/mol. The van der Waals surface area contributed by atoms with E-state index >= 15 is 0 Å². The maximum atomic E-state index is 12.9. The summed E-state index contributed by atoms with van der Waals surface area (Å²) in [4.78, 5) is 25.9. The summed E-state index contributed by atoms with van der Waals surface area (Å²) in [5.74, 6) is -0.0528. The first-order chi connectivity index (χ1) is 12.5. The number of amides is 1. The van der Waals surface area contributed by atoms with E-state index in [1.807, 2.05) is 30.3 Å². The molecule has 0 aliphatic carbocycles. The van der Waals surface area contributed by atoms with Gasteiger partial charge in [0, 0.05) is 18.1 Å². The molecule has 0 fully saturated rings. The van der Waals surface area contributed by atoms with Gasteiger partial charge in [-0.05, 0) is 30.7 Å². The van der Waals surface area contributed by atoms with E-state index in [0.29, 0.717) is 17.3 Å². The fraction of sp³-hybridized carbons (Fsp3) is 0.300. The number of hydrogen-bond acceptors (Lipinski definition) is 4. The molecule has 0 saturated carbocycles. The Morgan fingerprint density at radius 2 is 1.85 bits per heavy atom. The molecule has 2 aromatic rings. The molecule has 0 radical (unpaired) electrons. The van der Waals surface area contributed by atoms with Crippen LogP contribution in [0.25, 0.3) is 0 Å². The van der Waals surface area contributed by atoms with Gasteiger partial charge in [-0.3, -0.25) is 9.59 Å². The molecule has 0 unspecified atom stereocenters. The Hall–Kier alpha value is -2.53. The van der Waals surface area contributed by atoms with Crippen LogP contribution in [0.15, 0.2) is 54.6 Å². The fourth-order valence-corrected chi connectivity index (χ4v) is 2.63. The van der Waals surface area contributed by atoms with Crippen LogP contribution in [0.3, 0.4) is 0 Å². The number of methoxy groups -OCH3 is 1. The molecule has 0 bridgehead atoms. The average molecular weight is 376 g/mol. The summed E-state index contributed by atoms with van der Waals surface area (Å²) in [7, 11) is 1.33. The van der Waals surface area contributed by atoms with Crippen LogP contribution in [0.5, 0.6) is 5.75 Å². The average Bonchev–Trinajstić information content (AvgIpc) is 2.65.